The number of nitrogens with two attached hydrogens (primary N) is 1. The zero-order chi connectivity index (χ0) is 11.8. The van der Waals surface area contributed by atoms with Gasteiger partial charge in [-0.2, -0.15) is 11.8 Å². The molecule has 92 valence electrons. The van der Waals surface area contributed by atoms with Crippen LogP contribution in [0.4, 0.5) is 0 Å². The summed E-state index contributed by atoms with van der Waals surface area (Å²) in [5.41, 5.74) is 5.38. The van der Waals surface area contributed by atoms with E-state index in [9.17, 15) is 4.79 Å². The molecule has 0 radical (unpaired) electrons. The van der Waals surface area contributed by atoms with E-state index in [4.69, 9.17) is 18.0 Å². The predicted molar refractivity (Wildman–Crippen MR) is 73.7 cm³/mol. The monoisotopic (exact) mass is 260 g/mol. The van der Waals surface area contributed by atoms with E-state index < -0.39 is 0 Å². The van der Waals surface area contributed by atoms with Gasteiger partial charge in [-0.15, -0.1) is 0 Å². The van der Waals surface area contributed by atoms with E-state index in [1.165, 1.54) is 24.3 Å². The lowest BCUT2D eigenvalue weighted by Crippen LogP contribution is -2.28. The SMILES string of the molecule is NC(=S)CCCNC(=O)CC1CCSCC1. The molecule has 1 saturated heterocycles. The van der Waals surface area contributed by atoms with Gasteiger partial charge in [-0.3, -0.25) is 4.79 Å². The lowest BCUT2D eigenvalue weighted by molar-refractivity contribution is -0.122. The molecule has 0 atom stereocenters. The number of carbonyl (C=O) groups is 1. The first-order chi connectivity index (χ1) is 7.68. The molecule has 1 aliphatic heterocycles. The fraction of sp³-hybridized carbons (Fsp3) is 0.818. The van der Waals surface area contributed by atoms with Crippen molar-refractivity contribution in [1.29, 1.82) is 0 Å². The molecule has 1 heterocycles. The summed E-state index contributed by atoms with van der Waals surface area (Å²) in [6, 6.07) is 0. The highest BCUT2D eigenvalue weighted by Crippen LogP contribution is 2.24. The Bertz CT molecular complexity index is 240. The van der Waals surface area contributed by atoms with Crippen molar-refractivity contribution in [3.63, 3.8) is 0 Å². The molecule has 1 rings (SSSR count). The Hall–Kier alpha value is -0.290. The lowest BCUT2D eigenvalue weighted by Gasteiger charge is -2.20. The van der Waals surface area contributed by atoms with Gasteiger partial charge >= 0.3 is 0 Å². The normalized spacial score (nSPS) is 17.0. The first-order valence-corrected chi connectivity index (χ1v) is 7.37. The molecule has 16 heavy (non-hydrogen) atoms. The van der Waals surface area contributed by atoms with Crippen molar-refractivity contribution in [3.05, 3.63) is 0 Å². The maximum atomic E-state index is 11.6. The number of carbonyl (C=O) groups excluding carboxylic acids is 1. The summed E-state index contributed by atoms with van der Waals surface area (Å²) in [4.78, 5) is 12.1. The Kier molecular flexibility index (Phi) is 6.80. The van der Waals surface area contributed by atoms with E-state index in [1.807, 2.05) is 11.8 Å². The van der Waals surface area contributed by atoms with Crippen molar-refractivity contribution < 1.29 is 4.79 Å². The summed E-state index contributed by atoms with van der Waals surface area (Å²) in [5.74, 6) is 3.19. The average molecular weight is 260 g/mol. The molecule has 1 aliphatic rings. The molecular formula is C11H20N2OS2. The van der Waals surface area contributed by atoms with Crippen LogP contribution in [0.2, 0.25) is 0 Å². The Morgan fingerprint density at radius 2 is 2.12 bits per heavy atom. The number of thioether (sulfide) groups is 1. The molecule has 0 aromatic heterocycles. The number of hydrogen-bond acceptors (Lipinski definition) is 3. The summed E-state index contributed by atoms with van der Waals surface area (Å²) in [6.07, 6.45) is 4.63. The maximum absolute atomic E-state index is 11.6. The smallest absolute Gasteiger partial charge is 0.220 e. The fourth-order valence-electron chi connectivity index (χ4n) is 1.78. The van der Waals surface area contributed by atoms with Gasteiger partial charge < -0.3 is 11.1 Å². The minimum atomic E-state index is 0.180. The van der Waals surface area contributed by atoms with E-state index >= 15 is 0 Å². The van der Waals surface area contributed by atoms with Crippen LogP contribution in [-0.4, -0.2) is 28.9 Å². The summed E-state index contributed by atoms with van der Waals surface area (Å²) in [6.45, 7) is 0.692. The van der Waals surface area contributed by atoms with E-state index in [-0.39, 0.29) is 5.91 Å². The van der Waals surface area contributed by atoms with Crippen molar-refractivity contribution in [2.24, 2.45) is 11.7 Å². The zero-order valence-electron chi connectivity index (χ0n) is 9.54. The Labute approximate surface area is 107 Å². The quantitative estimate of drug-likeness (QED) is 0.564. The largest absolute Gasteiger partial charge is 0.393 e. The molecule has 5 heteroatoms. The summed E-state index contributed by atoms with van der Waals surface area (Å²) in [7, 11) is 0. The molecule has 0 spiro atoms. The van der Waals surface area contributed by atoms with Gasteiger partial charge in [-0.05, 0) is 43.1 Å². The molecule has 3 nitrogen and oxygen atoms in total. The van der Waals surface area contributed by atoms with Crippen LogP contribution in [0, 0.1) is 5.92 Å². The van der Waals surface area contributed by atoms with Crippen LogP contribution < -0.4 is 11.1 Å². The van der Waals surface area contributed by atoms with Crippen molar-refractivity contribution in [3.8, 4) is 0 Å². The molecule has 0 bridgehead atoms. The van der Waals surface area contributed by atoms with Crippen LogP contribution in [-0.2, 0) is 4.79 Å². The third kappa shape index (κ3) is 6.33. The summed E-state index contributed by atoms with van der Waals surface area (Å²) >= 11 is 6.76. The van der Waals surface area contributed by atoms with Crippen LogP contribution >= 0.6 is 24.0 Å². The van der Waals surface area contributed by atoms with Gasteiger partial charge in [-0.1, -0.05) is 12.2 Å². The topological polar surface area (TPSA) is 55.1 Å². The highest BCUT2D eigenvalue weighted by molar-refractivity contribution is 7.99. The second-order valence-electron chi connectivity index (χ2n) is 4.18. The van der Waals surface area contributed by atoms with Crippen LogP contribution in [0.15, 0.2) is 0 Å². The summed E-state index contributed by atoms with van der Waals surface area (Å²) < 4.78 is 0. The third-order valence-corrected chi connectivity index (χ3v) is 3.99. The van der Waals surface area contributed by atoms with Gasteiger partial charge in [0, 0.05) is 13.0 Å². The summed E-state index contributed by atoms with van der Waals surface area (Å²) in [5, 5.41) is 2.92. The number of amides is 1. The Balaban J connectivity index is 2.03. The Morgan fingerprint density at radius 3 is 2.75 bits per heavy atom. The molecule has 0 saturated carbocycles. The van der Waals surface area contributed by atoms with Gasteiger partial charge in [0.25, 0.3) is 0 Å². The number of thiocarbonyl (C=S) groups is 1. The van der Waals surface area contributed by atoms with E-state index in [1.54, 1.807) is 0 Å². The van der Waals surface area contributed by atoms with Gasteiger partial charge in [0.05, 0.1) is 4.99 Å². The van der Waals surface area contributed by atoms with Gasteiger partial charge in [0.1, 0.15) is 0 Å². The maximum Gasteiger partial charge on any atom is 0.220 e. The Morgan fingerprint density at radius 1 is 1.44 bits per heavy atom. The van der Waals surface area contributed by atoms with Crippen LogP contribution in [0.1, 0.15) is 32.1 Å². The first-order valence-electron chi connectivity index (χ1n) is 5.81. The van der Waals surface area contributed by atoms with Crippen molar-refractivity contribution in [2.75, 3.05) is 18.1 Å². The van der Waals surface area contributed by atoms with Crippen molar-refractivity contribution >= 4 is 34.9 Å². The molecule has 0 aromatic carbocycles. The molecule has 3 N–H and O–H groups in total. The van der Waals surface area contributed by atoms with Gasteiger partial charge in [0.15, 0.2) is 0 Å². The van der Waals surface area contributed by atoms with Crippen LogP contribution in [0.3, 0.4) is 0 Å². The van der Waals surface area contributed by atoms with Gasteiger partial charge in [-0.25, -0.2) is 0 Å². The molecule has 0 aliphatic carbocycles. The molecule has 0 aromatic rings. The third-order valence-electron chi connectivity index (χ3n) is 2.74. The van der Waals surface area contributed by atoms with Crippen molar-refractivity contribution in [2.45, 2.75) is 32.1 Å². The lowest BCUT2D eigenvalue weighted by atomic mass is 9.98. The highest BCUT2D eigenvalue weighted by Gasteiger charge is 2.16. The first kappa shape index (κ1) is 13.8. The molecule has 0 unspecified atom stereocenters. The van der Waals surface area contributed by atoms with E-state index in [2.05, 4.69) is 5.32 Å². The minimum absolute atomic E-state index is 0.180. The van der Waals surface area contributed by atoms with Crippen molar-refractivity contribution in [1.82, 2.24) is 5.32 Å². The second kappa shape index (κ2) is 7.90. The predicted octanol–water partition coefficient (Wildman–Crippen LogP) is 1.70. The number of nitrogens with one attached hydrogen (secondary N) is 1. The molecule has 1 amide bonds. The van der Waals surface area contributed by atoms with E-state index in [0.717, 1.165) is 12.8 Å². The second-order valence-corrected chi connectivity index (χ2v) is 5.93. The number of hydrogen-bond donors (Lipinski definition) is 2. The van der Waals surface area contributed by atoms with Crippen LogP contribution in [0.5, 0.6) is 0 Å². The average Bonchev–Trinajstić information content (AvgIpc) is 2.25. The van der Waals surface area contributed by atoms with Gasteiger partial charge in [0.2, 0.25) is 5.91 Å². The van der Waals surface area contributed by atoms with Crippen LogP contribution in [0.25, 0.3) is 0 Å². The molecule has 1 fully saturated rings. The highest BCUT2D eigenvalue weighted by atomic mass is 32.2. The zero-order valence-corrected chi connectivity index (χ0v) is 11.2. The standard InChI is InChI=1S/C11H20N2OS2/c12-10(15)2-1-5-13-11(14)8-9-3-6-16-7-4-9/h9H,1-8H2,(H2,12,15)(H,13,14). The fourth-order valence-corrected chi connectivity index (χ4v) is 3.12. The molecular weight excluding hydrogens is 240 g/mol. The number of rotatable bonds is 6. The minimum Gasteiger partial charge on any atom is -0.393 e. The van der Waals surface area contributed by atoms with E-state index in [0.29, 0.717) is 23.9 Å².